The highest BCUT2D eigenvalue weighted by molar-refractivity contribution is 5.79. The number of halogens is 1. The smallest absolute Gasteiger partial charge is 0.123 e. The number of hydrazone groups is 1. The molecule has 0 spiro atoms. The van der Waals surface area contributed by atoms with Crippen LogP contribution >= 0.6 is 0 Å². The first kappa shape index (κ1) is 8.39. The highest BCUT2D eigenvalue weighted by Gasteiger charge is 1.87. The van der Waals surface area contributed by atoms with Crippen molar-refractivity contribution in [3.8, 4) is 0 Å². The Kier molecular flexibility index (Phi) is 2.95. The van der Waals surface area contributed by atoms with E-state index in [0.717, 1.165) is 11.9 Å². The monoisotopic (exact) mass is 165 g/mol. The van der Waals surface area contributed by atoms with Crippen LogP contribution < -0.4 is 5.43 Å². The van der Waals surface area contributed by atoms with Crippen LogP contribution in [0.2, 0.25) is 0 Å². The summed E-state index contributed by atoms with van der Waals surface area (Å²) in [7, 11) is 0. The molecule has 0 saturated heterocycles. The molecule has 0 fully saturated rings. The van der Waals surface area contributed by atoms with Gasteiger partial charge >= 0.3 is 0 Å². The first-order valence-corrected chi connectivity index (χ1v) is 3.36. The van der Waals surface area contributed by atoms with Crippen molar-refractivity contribution < 1.29 is 4.39 Å². The van der Waals surface area contributed by atoms with Crippen LogP contribution in [0.3, 0.4) is 0 Å². The van der Waals surface area contributed by atoms with Gasteiger partial charge in [0.15, 0.2) is 0 Å². The fourth-order valence-electron chi connectivity index (χ4n) is 0.698. The number of nitrogens with zero attached hydrogens (tertiary/aromatic N) is 1. The van der Waals surface area contributed by atoms with Crippen LogP contribution in [-0.4, -0.2) is 12.6 Å². The second kappa shape index (κ2) is 4.23. The molecule has 0 aromatic heterocycles. The zero-order valence-electron chi connectivity index (χ0n) is 6.29. The molecule has 1 aromatic rings. The molecule has 0 amide bonds. The Morgan fingerprint density at radius 1 is 1.33 bits per heavy atom. The molecule has 12 heavy (non-hydrogen) atoms. The highest BCUT2D eigenvalue weighted by Crippen LogP contribution is 1.99. The molecule has 1 rings (SSSR count). The molecule has 0 atom stereocenters. The average Bonchev–Trinajstić information content (AvgIpc) is 2.09. The molecule has 4 heteroatoms. The van der Waals surface area contributed by atoms with E-state index in [-0.39, 0.29) is 5.82 Å². The minimum absolute atomic E-state index is 0.271. The molecule has 3 nitrogen and oxygen atoms in total. The third kappa shape index (κ3) is 2.49. The third-order valence-corrected chi connectivity index (χ3v) is 1.22. The van der Waals surface area contributed by atoms with Crippen molar-refractivity contribution in [2.45, 2.75) is 0 Å². The molecule has 2 N–H and O–H groups in total. The lowest BCUT2D eigenvalue weighted by molar-refractivity contribution is 0.628. The quantitative estimate of drug-likeness (QED) is 0.396. The Bertz CT molecular complexity index is 279. The molecule has 0 unspecified atom stereocenters. The van der Waals surface area contributed by atoms with Gasteiger partial charge in [0.25, 0.3) is 0 Å². The van der Waals surface area contributed by atoms with Crippen molar-refractivity contribution in [1.82, 2.24) is 5.43 Å². The van der Waals surface area contributed by atoms with Gasteiger partial charge in [-0.3, -0.25) is 10.8 Å². The third-order valence-electron chi connectivity index (χ3n) is 1.22. The maximum atomic E-state index is 12.4. The fraction of sp³-hybridized carbons (Fsp3) is 0. The van der Waals surface area contributed by atoms with Crippen molar-refractivity contribution in [2.75, 3.05) is 0 Å². The molecular formula is C8H8FN3. The van der Waals surface area contributed by atoms with Gasteiger partial charge in [-0.1, -0.05) is 12.1 Å². The predicted molar refractivity (Wildman–Crippen MR) is 45.9 cm³/mol. The summed E-state index contributed by atoms with van der Waals surface area (Å²) in [4.78, 5) is 0. The predicted octanol–water partition coefficient (Wildman–Crippen LogP) is 1.36. The lowest BCUT2D eigenvalue weighted by Crippen LogP contribution is -1.99. The number of nitrogens with one attached hydrogen (secondary N) is 2. The summed E-state index contributed by atoms with van der Waals surface area (Å²) in [6, 6.07) is 5.91. The van der Waals surface area contributed by atoms with E-state index in [0.29, 0.717) is 0 Å². The van der Waals surface area contributed by atoms with Crippen LogP contribution in [0.25, 0.3) is 0 Å². The summed E-state index contributed by atoms with van der Waals surface area (Å²) in [5.41, 5.74) is 3.11. The maximum absolute atomic E-state index is 12.4. The minimum atomic E-state index is -0.271. The van der Waals surface area contributed by atoms with E-state index >= 15 is 0 Å². The van der Waals surface area contributed by atoms with Gasteiger partial charge in [0, 0.05) is 0 Å². The van der Waals surface area contributed by atoms with E-state index in [1.807, 2.05) is 0 Å². The molecular weight excluding hydrogens is 157 g/mol. The van der Waals surface area contributed by atoms with Crippen molar-refractivity contribution in [3.63, 3.8) is 0 Å². The van der Waals surface area contributed by atoms with Crippen LogP contribution in [-0.2, 0) is 0 Å². The van der Waals surface area contributed by atoms with Gasteiger partial charge in [0.1, 0.15) is 5.82 Å². The minimum Gasteiger partial charge on any atom is -0.290 e. The highest BCUT2D eigenvalue weighted by atomic mass is 19.1. The van der Waals surface area contributed by atoms with Crippen LogP contribution in [0.15, 0.2) is 29.4 Å². The van der Waals surface area contributed by atoms with Gasteiger partial charge < -0.3 is 0 Å². The zero-order chi connectivity index (χ0) is 8.81. The Morgan fingerprint density at radius 2 is 2.00 bits per heavy atom. The summed E-state index contributed by atoms with van der Waals surface area (Å²) in [6.45, 7) is 0. The van der Waals surface area contributed by atoms with Crippen molar-refractivity contribution in [1.29, 1.82) is 5.41 Å². The van der Waals surface area contributed by atoms with Crippen molar-refractivity contribution in [2.24, 2.45) is 5.10 Å². The van der Waals surface area contributed by atoms with E-state index in [1.54, 1.807) is 12.1 Å². The van der Waals surface area contributed by atoms with E-state index in [9.17, 15) is 4.39 Å². The molecule has 0 heterocycles. The van der Waals surface area contributed by atoms with Gasteiger partial charge in [-0.05, 0) is 17.7 Å². The van der Waals surface area contributed by atoms with Gasteiger partial charge in [-0.15, -0.1) is 0 Å². The van der Waals surface area contributed by atoms with Crippen LogP contribution in [0.4, 0.5) is 4.39 Å². The molecule has 0 aliphatic carbocycles. The number of hydrogen-bond donors (Lipinski definition) is 2. The first-order chi connectivity index (χ1) is 5.83. The van der Waals surface area contributed by atoms with Gasteiger partial charge in [0.05, 0.1) is 12.6 Å². The van der Waals surface area contributed by atoms with Crippen molar-refractivity contribution in [3.05, 3.63) is 35.6 Å². The molecule has 0 aliphatic rings. The normalized spacial score (nSPS) is 10.1. The van der Waals surface area contributed by atoms with Crippen LogP contribution in [0.1, 0.15) is 5.56 Å². The van der Waals surface area contributed by atoms with Crippen molar-refractivity contribution >= 4 is 12.6 Å². The first-order valence-electron chi connectivity index (χ1n) is 3.36. The second-order valence-electron chi connectivity index (χ2n) is 2.08. The van der Waals surface area contributed by atoms with E-state index in [2.05, 4.69) is 10.5 Å². The average molecular weight is 165 g/mol. The lowest BCUT2D eigenvalue weighted by atomic mass is 10.2. The molecule has 62 valence electrons. The van der Waals surface area contributed by atoms with Gasteiger partial charge in [0.2, 0.25) is 0 Å². The second-order valence-corrected chi connectivity index (χ2v) is 2.08. The topological polar surface area (TPSA) is 48.2 Å². The summed E-state index contributed by atoms with van der Waals surface area (Å²) in [6.07, 6.45) is 2.46. The summed E-state index contributed by atoms with van der Waals surface area (Å²) >= 11 is 0. The standard InChI is InChI=1S/C8H8FN3/c9-8-3-1-7(2-4-8)5-11-12-6-10/h1-6H,(H2,10,12)/b11-5+. The number of hydrogen-bond acceptors (Lipinski definition) is 2. The molecule has 0 bridgehead atoms. The summed E-state index contributed by atoms with van der Waals surface area (Å²) in [5.74, 6) is -0.271. The summed E-state index contributed by atoms with van der Waals surface area (Å²) < 4.78 is 12.4. The Hall–Kier alpha value is -1.71. The Morgan fingerprint density at radius 3 is 2.58 bits per heavy atom. The Labute approximate surface area is 69.4 Å². The van der Waals surface area contributed by atoms with E-state index in [1.165, 1.54) is 18.3 Å². The maximum Gasteiger partial charge on any atom is 0.123 e. The molecule has 0 saturated carbocycles. The Balaban J connectivity index is 2.64. The van der Waals surface area contributed by atoms with Gasteiger partial charge in [-0.2, -0.15) is 5.10 Å². The van der Waals surface area contributed by atoms with Gasteiger partial charge in [-0.25, -0.2) is 4.39 Å². The van der Waals surface area contributed by atoms with Crippen LogP contribution in [0, 0.1) is 11.2 Å². The zero-order valence-corrected chi connectivity index (χ0v) is 6.29. The van der Waals surface area contributed by atoms with Crippen LogP contribution in [0.5, 0.6) is 0 Å². The SMILES string of the molecule is N=CN/N=C/c1ccc(F)cc1. The molecule has 0 radical (unpaired) electrons. The van der Waals surface area contributed by atoms with E-state index in [4.69, 9.17) is 5.41 Å². The largest absolute Gasteiger partial charge is 0.290 e. The fourth-order valence-corrected chi connectivity index (χ4v) is 0.698. The molecule has 0 aliphatic heterocycles. The number of benzene rings is 1. The number of rotatable bonds is 3. The molecule has 1 aromatic carbocycles. The summed E-state index contributed by atoms with van der Waals surface area (Å²) in [5, 5.41) is 10.2. The van der Waals surface area contributed by atoms with E-state index < -0.39 is 0 Å². The lowest BCUT2D eigenvalue weighted by Gasteiger charge is -1.91.